The van der Waals surface area contributed by atoms with Gasteiger partial charge in [0.2, 0.25) is 5.91 Å². The molecule has 1 aliphatic rings. The van der Waals surface area contributed by atoms with E-state index >= 15 is 0 Å². The van der Waals surface area contributed by atoms with E-state index in [1.54, 1.807) is 12.3 Å². The summed E-state index contributed by atoms with van der Waals surface area (Å²) in [6.45, 7) is 7.88. The van der Waals surface area contributed by atoms with E-state index in [0.29, 0.717) is 11.1 Å². The smallest absolute Gasteiger partial charge is 0.277 e. The van der Waals surface area contributed by atoms with Gasteiger partial charge in [-0.3, -0.25) is 9.69 Å². The minimum Gasteiger partial charge on any atom is -0.469 e. The van der Waals surface area contributed by atoms with Gasteiger partial charge >= 0.3 is 0 Å². The average molecular weight is 413 g/mol. The maximum Gasteiger partial charge on any atom is 0.277 e. The zero-order chi connectivity index (χ0) is 20.2. The highest BCUT2D eigenvalue weighted by Gasteiger charge is 2.27. The lowest BCUT2D eigenvalue weighted by Crippen LogP contribution is -2.50. The quantitative estimate of drug-likeness (QED) is 0.574. The van der Waals surface area contributed by atoms with Crippen LogP contribution in [0.15, 0.2) is 56.7 Å². The molecule has 1 aliphatic heterocycles. The summed E-state index contributed by atoms with van der Waals surface area (Å²) in [6.07, 6.45) is 1.59. The predicted octanol–water partition coefficient (Wildman–Crippen LogP) is 3.46. The van der Waals surface area contributed by atoms with Gasteiger partial charge in [0.1, 0.15) is 5.76 Å². The molecule has 1 fully saturated rings. The minimum absolute atomic E-state index is 0.105. The van der Waals surface area contributed by atoms with E-state index in [1.807, 2.05) is 24.8 Å². The molecular weight excluding hydrogens is 388 g/mol. The van der Waals surface area contributed by atoms with Crippen molar-refractivity contribution in [1.29, 1.82) is 0 Å². The molecule has 1 unspecified atom stereocenters. The number of amides is 1. The van der Waals surface area contributed by atoms with Gasteiger partial charge in [-0.15, -0.1) is 10.2 Å². The van der Waals surface area contributed by atoms with Crippen LogP contribution in [0.2, 0.25) is 0 Å². The first kappa shape index (κ1) is 19.7. The van der Waals surface area contributed by atoms with E-state index in [4.69, 9.17) is 8.83 Å². The van der Waals surface area contributed by atoms with Crippen molar-refractivity contribution in [2.24, 2.45) is 0 Å². The molecule has 4 rings (SSSR count). The molecule has 0 radical (unpaired) electrons. The van der Waals surface area contributed by atoms with Crippen LogP contribution < -0.4 is 0 Å². The third-order valence-corrected chi connectivity index (χ3v) is 5.98. The second kappa shape index (κ2) is 8.84. The number of nitrogens with zero attached hydrogens (tertiary/aromatic N) is 4. The van der Waals surface area contributed by atoms with Crippen LogP contribution in [0.3, 0.4) is 0 Å². The molecule has 0 saturated carbocycles. The molecule has 8 heteroatoms. The van der Waals surface area contributed by atoms with Gasteiger partial charge < -0.3 is 13.7 Å². The first-order valence-corrected chi connectivity index (χ1v) is 10.6. The van der Waals surface area contributed by atoms with Gasteiger partial charge in [-0.2, -0.15) is 0 Å². The maximum absolute atomic E-state index is 12.8. The Hall–Kier alpha value is -2.58. The lowest BCUT2D eigenvalue weighted by molar-refractivity contribution is -0.132. The van der Waals surface area contributed by atoms with Crippen molar-refractivity contribution < 1.29 is 13.6 Å². The Balaban J connectivity index is 1.29. The highest BCUT2D eigenvalue weighted by Crippen LogP contribution is 2.29. The summed E-state index contributed by atoms with van der Waals surface area (Å²) in [5.74, 6) is 1.24. The zero-order valence-electron chi connectivity index (χ0n) is 16.6. The van der Waals surface area contributed by atoms with Crippen molar-refractivity contribution in [1.82, 2.24) is 20.0 Å². The SMILES string of the molecule is Cc1occc1-c1nnc(SC(C)C(=O)N2CCN(Cc3ccccc3)CC2)o1. The summed E-state index contributed by atoms with van der Waals surface area (Å²) in [5.41, 5.74) is 2.08. The number of aryl methyl sites for hydroxylation is 1. The molecule has 1 saturated heterocycles. The second-order valence-electron chi connectivity index (χ2n) is 7.11. The predicted molar refractivity (Wildman–Crippen MR) is 110 cm³/mol. The number of hydrogen-bond acceptors (Lipinski definition) is 7. The Kier molecular flexibility index (Phi) is 6.01. The van der Waals surface area contributed by atoms with Crippen molar-refractivity contribution in [3.8, 4) is 11.5 Å². The van der Waals surface area contributed by atoms with Gasteiger partial charge in [0, 0.05) is 32.7 Å². The van der Waals surface area contributed by atoms with E-state index < -0.39 is 0 Å². The fourth-order valence-electron chi connectivity index (χ4n) is 3.40. The fraction of sp³-hybridized carbons (Fsp3) is 0.381. The molecule has 1 atom stereocenters. The van der Waals surface area contributed by atoms with Crippen LogP contribution in [-0.4, -0.2) is 57.3 Å². The number of carbonyl (C=O) groups is 1. The number of carbonyl (C=O) groups excluding carboxylic acids is 1. The van der Waals surface area contributed by atoms with E-state index in [2.05, 4.69) is 39.4 Å². The van der Waals surface area contributed by atoms with Crippen molar-refractivity contribution in [3.05, 3.63) is 54.0 Å². The molecule has 152 valence electrons. The van der Waals surface area contributed by atoms with Crippen molar-refractivity contribution in [3.63, 3.8) is 0 Å². The molecule has 7 nitrogen and oxygen atoms in total. The molecule has 0 N–H and O–H groups in total. The van der Waals surface area contributed by atoms with Gasteiger partial charge in [-0.1, -0.05) is 42.1 Å². The van der Waals surface area contributed by atoms with Gasteiger partial charge in [0.05, 0.1) is 17.1 Å². The summed E-state index contributed by atoms with van der Waals surface area (Å²) in [7, 11) is 0. The standard InChI is InChI=1S/C21H24N4O3S/c1-15-18(8-13-27-15)19-22-23-21(28-19)29-16(2)20(26)25-11-9-24(10-12-25)14-17-6-4-3-5-7-17/h3-8,13,16H,9-12,14H2,1-2H3. The molecule has 3 aromatic rings. The van der Waals surface area contributed by atoms with Crippen molar-refractivity contribution in [2.45, 2.75) is 30.9 Å². The maximum atomic E-state index is 12.8. The van der Waals surface area contributed by atoms with Gasteiger partial charge in [-0.25, -0.2) is 0 Å². The lowest BCUT2D eigenvalue weighted by atomic mass is 10.2. The monoisotopic (exact) mass is 412 g/mol. The number of aromatic nitrogens is 2. The van der Waals surface area contributed by atoms with Crippen LogP contribution in [0.1, 0.15) is 18.2 Å². The normalized spacial score (nSPS) is 16.1. The fourth-order valence-corrected chi connectivity index (χ4v) is 4.17. The molecule has 1 amide bonds. The number of furan rings is 1. The minimum atomic E-state index is -0.283. The van der Waals surface area contributed by atoms with Crippen molar-refractivity contribution >= 4 is 17.7 Å². The first-order chi connectivity index (χ1) is 14.1. The largest absolute Gasteiger partial charge is 0.469 e. The summed E-state index contributed by atoms with van der Waals surface area (Å²) in [6, 6.07) is 12.2. The highest BCUT2D eigenvalue weighted by molar-refractivity contribution is 8.00. The molecule has 3 heterocycles. The molecule has 0 bridgehead atoms. The van der Waals surface area contributed by atoms with Gasteiger partial charge in [-0.05, 0) is 25.5 Å². The number of piperazine rings is 1. The summed E-state index contributed by atoms with van der Waals surface area (Å²) >= 11 is 1.30. The van der Waals surface area contributed by atoms with Crippen LogP contribution in [0.4, 0.5) is 0 Å². The number of hydrogen-bond donors (Lipinski definition) is 0. The third-order valence-electron chi connectivity index (χ3n) is 5.05. The first-order valence-electron chi connectivity index (χ1n) is 9.70. The average Bonchev–Trinajstić information content (AvgIpc) is 3.37. The summed E-state index contributed by atoms with van der Waals surface area (Å²) < 4.78 is 11.0. The van der Waals surface area contributed by atoms with Crippen molar-refractivity contribution in [2.75, 3.05) is 26.2 Å². The Labute approximate surface area is 174 Å². The topological polar surface area (TPSA) is 75.6 Å². The zero-order valence-corrected chi connectivity index (χ0v) is 17.4. The highest BCUT2D eigenvalue weighted by atomic mass is 32.2. The molecule has 29 heavy (non-hydrogen) atoms. The van der Waals surface area contributed by atoms with E-state index in [1.165, 1.54) is 17.3 Å². The van der Waals surface area contributed by atoms with E-state index in [9.17, 15) is 4.79 Å². The Bertz CT molecular complexity index is 948. The molecule has 2 aromatic heterocycles. The van der Waals surface area contributed by atoms with Crippen LogP contribution in [0, 0.1) is 6.92 Å². The van der Waals surface area contributed by atoms with E-state index in [-0.39, 0.29) is 11.2 Å². The Morgan fingerprint density at radius 1 is 1.14 bits per heavy atom. The lowest BCUT2D eigenvalue weighted by Gasteiger charge is -2.35. The van der Waals surface area contributed by atoms with Gasteiger partial charge in [0.15, 0.2) is 0 Å². The number of thioether (sulfide) groups is 1. The molecular formula is C21H24N4O3S. The van der Waals surface area contributed by atoms with E-state index in [0.717, 1.165) is 44.0 Å². The molecule has 1 aromatic carbocycles. The van der Waals surface area contributed by atoms with Crippen LogP contribution in [-0.2, 0) is 11.3 Å². The van der Waals surface area contributed by atoms with Gasteiger partial charge in [0.25, 0.3) is 11.1 Å². The Morgan fingerprint density at radius 3 is 2.59 bits per heavy atom. The third kappa shape index (κ3) is 4.71. The summed E-state index contributed by atoms with van der Waals surface area (Å²) in [4.78, 5) is 17.1. The second-order valence-corrected chi connectivity index (χ2v) is 8.40. The number of rotatable bonds is 6. The Morgan fingerprint density at radius 2 is 1.90 bits per heavy atom. The van der Waals surface area contributed by atoms with Crippen LogP contribution >= 0.6 is 11.8 Å². The van der Waals surface area contributed by atoms with Crippen LogP contribution in [0.25, 0.3) is 11.5 Å². The summed E-state index contributed by atoms with van der Waals surface area (Å²) in [5, 5.41) is 8.24. The molecule has 0 aliphatic carbocycles. The number of benzene rings is 1. The molecule has 0 spiro atoms. The van der Waals surface area contributed by atoms with Crippen LogP contribution in [0.5, 0.6) is 0 Å².